The van der Waals surface area contributed by atoms with Gasteiger partial charge in [-0.2, -0.15) is 0 Å². The quantitative estimate of drug-likeness (QED) is 0.691. The largest absolute Gasteiger partial charge is 0.369 e. The summed E-state index contributed by atoms with van der Waals surface area (Å²) < 4.78 is 12.0. The van der Waals surface area contributed by atoms with Crippen LogP contribution in [0.5, 0.6) is 0 Å². The van der Waals surface area contributed by atoms with Crippen LogP contribution in [0, 0.1) is 5.92 Å². The Labute approximate surface area is 144 Å². The van der Waals surface area contributed by atoms with Crippen LogP contribution in [0.25, 0.3) is 0 Å². The molecule has 2 aliphatic heterocycles. The van der Waals surface area contributed by atoms with Gasteiger partial charge in [0.1, 0.15) is 5.78 Å². The summed E-state index contributed by atoms with van der Waals surface area (Å²) in [5, 5.41) is 0. The molecule has 136 valence electrons. The van der Waals surface area contributed by atoms with E-state index < -0.39 is 17.1 Å². The molecule has 0 aromatic rings. The summed E-state index contributed by atoms with van der Waals surface area (Å²) >= 11 is 0. The molecule has 5 nitrogen and oxygen atoms in total. The van der Waals surface area contributed by atoms with Gasteiger partial charge in [-0.1, -0.05) is 18.6 Å². The van der Waals surface area contributed by atoms with E-state index in [9.17, 15) is 9.59 Å². The first-order valence-corrected chi connectivity index (χ1v) is 8.96. The second-order valence-electron chi connectivity index (χ2n) is 7.85. The number of amides is 1. The van der Waals surface area contributed by atoms with Gasteiger partial charge in [0.2, 0.25) is 0 Å². The first kappa shape index (κ1) is 19.1. The van der Waals surface area contributed by atoms with Gasteiger partial charge in [0.15, 0.2) is 5.60 Å². The van der Waals surface area contributed by atoms with Crippen LogP contribution in [0.4, 0.5) is 0 Å². The highest BCUT2D eigenvalue weighted by atomic mass is 16.6. The number of Topliss-reactive ketones (excluding diaryl/α,β-unsaturated/α-hetero) is 1. The van der Waals surface area contributed by atoms with Crippen molar-refractivity contribution in [2.45, 2.75) is 83.5 Å². The molecule has 1 amide bonds. The summed E-state index contributed by atoms with van der Waals surface area (Å²) in [7, 11) is 0. The van der Waals surface area contributed by atoms with Crippen LogP contribution in [0.1, 0.15) is 66.2 Å². The Hall–Kier alpha value is -1.20. The van der Waals surface area contributed by atoms with Crippen molar-refractivity contribution in [3.05, 3.63) is 11.6 Å². The van der Waals surface area contributed by atoms with Gasteiger partial charge < -0.3 is 15.2 Å². The molecule has 2 saturated heterocycles. The van der Waals surface area contributed by atoms with Crippen LogP contribution < -0.4 is 5.73 Å². The third-order valence-electron chi connectivity index (χ3n) is 5.51. The Balaban J connectivity index is 1.81. The van der Waals surface area contributed by atoms with Gasteiger partial charge in [-0.15, -0.1) is 0 Å². The van der Waals surface area contributed by atoms with Crippen molar-refractivity contribution in [2.24, 2.45) is 11.7 Å². The topological polar surface area (TPSA) is 78.6 Å². The lowest BCUT2D eigenvalue weighted by Crippen LogP contribution is -2.57. The minimum atomic E-state index is -0.919. The molecule has 5 heteroatoms. The SMILES string of the molecule is CC(C)=CCC(=O)C(C)CCC[C@]1(C)OC[C@]2(C(N)=O)CC[C@H]1O2. The number of carbonyl (C=O) groups is 2. The van der Waals surface area contributed by atoms with Crippen molar-refractivity contribution in [3.63, 3.8) is 0 Å². The van der Waals surface area contributed by atoms with E-state index in [1.54, 1.807) is 0 Å². The fourth-order valence-corrected chi connectivity index (χ4v) is 3.58. The van der Waals surface area contributed by atoms with Gasteiger partial charge in [-0.3, -0.25) is 9.59 Å². The summed E-state index contributed by atoms with van der Waals surface area (Å²) in [6, 6.07) is 0. The van der Waals surface area contributed by atoms with Crippen molar-refractivity contribution in [3.8, 4) is 0 Å². The highest BCUT2D eigenvalue weighted by molar-refractivity contribution is 5.84. The van der Waals surface area contributed by atoms with Crippen LogP contribution in [-0.4, -0.2) is 35.6 Å². The molecule has 4 atom stereocenters. The van der Waals surface area contributed by atoms with Crippen LogP contribution >= 0.6 is 0 Å². The van der Waals surface area contributed by atoms with Gasteiger partial charge in [0.05, 0.1) is 18.3 Å². The number of hydrogen-bond donors (Lipinski definition) is 1. The monoisotopic (exact) mass is 337 g/mol. The van der Waals surface area contributed by atoms with Crippen LogP contribution in [0.2, 0.25) is 0 Å². The molecule has 0 aliphatic carbocycles. The molecule has 0 radical (unpaired) electrons. The molecule has 2 rings (SSSR count). The predicted octanol–water partition coefficient (Wildman–Crippen LogP) is 2.91. The molecule has 2 N–H and O–H groups in total. The maximum absolute atomic E-state index is 12.1. The lowest BCUT2D eigenvalue weighted by Gasteiger charge is -2.43. The van der Waals surface area contributed by atoms with Crippen molar-refractivity contribution < 1.29 is 19.1 Å². The van der Waals surface area contributed by atoms with Crippen LogP contribution in [0.3, 0.4) is 0 Å². The smallest absolute Gasteiger partial charge is 0.252 e. The summed E-state index contributed by atoms with van der Waals surface area (Å²) in [5.74, 6) is -0.0803. The molecule has 2 aliphatic rings. The summed E-state index contributed by atoms with van der Waals surface area (Å²) in [6.45, 7) is 8.29. The summed E-state index contributed by atoms with van der Waals surface area (Å²) in [6.07, 6.45) is 6.44. The predicted molar refractivity (Wildman–Crippen MR) is 92.5 cm³/mol. The van der Waals surface area contributed by atoms with E-state index in [1.165, 1.54) is 5.57 Å². The molecular weight excluding hydrogens is 306 g/mol. The number of primary amides is 1. The minimum absolute atomic E-state index is 0.0574. The molecule has 1 unspecified atom stereocenters. The number of carbonyl (C=O) groups excluding carboxylic acids is 2. The molecule has 0 spiro atoms. The highest BCUT2D eigenvalue weighted by Gasteiger charge is 2.56. The second-order valence-corrected chi connectivity index (χ2v) is 7.85. The van der Waals surface area contributed by atoms with Crippen molar-refractivity contribution in [1.82, 2.24) is 0 Å². The zero-order valence-corrected chi connectivity index (χ0v) is 15.4. The maximum atomic E-state index is 12.1. The molecule has 2 heterocycles. The first-order chi connectivity index (χ1) is 11.2. The molecule has 2 fully saturated rings. The van der Waals surface area contributed by atoms with Crippen molar-refractivity contribution >= 4 is 11.7 Å². The van der Waals surface area contributed by atoms with Crippen molar-refractivity contribution in [1.29, 1.82) is 0 Å². The third kappa shape index (κ3) is 4.06. The second kappa shape index (κ2) is 7.36. The fraction of sp³-hybridized carbons (Fsp3) is 0.789. The van der Waals surface area contributed by atoms with Gasteiger partial charge in [-0.25, -0.2) is 0 Å². The van der Waals surface area contributed by atoms with E-state index >= 15 is 0 Å². The van der Waals surface area contributed by atoms with E-state index in [4.69, 9.17) is 15.2 Å². The average Bonchev–Trinajstić information content (AvgIpc) is 2.91. The van der Waals surface area contributed by atoms with E-state index in [0.29, 0.717) is 12.8 Å². The van der Waals surface area contributed by atoms with E-state index in [-0.39, 0.29) is 24.4 Å². The molecule has 0 aromatic carbocycles. The van der Waals surface area contributed by atoms with E-state index in [2.05, 4.69) is 0 Å². The third-order valence-corrected chi connectivity index (χ3v) is 5.51. The van der Waals surface area contributed by atoms with Crippen LogP contribution in [0.15, 0.2) is 11.6 Å². The zero-order chi connectivity index (χ0) is 18.0. The first-order valence-electron chi connectivity index (χ1n) is 8.96. The van der Waals surface area contributed by atoms with E-state index in [0.717, 1.165) is 25.7 Å². The Kier molecular flexibility index (Phi) is 5.87. The number of ketones is 1. The standard InChI is InChI=1S/C19H31NO4/c1-13(2)7-8-15(21)14(3)6-5-10-18(4)16-9-11-19(24-16,12-23-18)17(20)22/h7,14,16H,5-6,8-12H2,1-4H3,(H2,20,22)/t14?,16-,18+,19+/m1/s1. The number of fused-ring (bicyclic) bond motifs is 2. The number of nitrogens with two attached hydrogens (primary N) is 1. The Morgan fingerprint density at radius 2 is 2.08 bits per heavy atom. The molecular formula is C19H31NO4. The number of hydrogen-bond acceptors (Lipinski definition) is 4. The Morgan fingerprint density at radius 3 is 2.71 bits per heavy atom. The van der Waals surface area contributed by atoms with Gasteiger partial charge in [0.25, 0.3) is 5.91 Å². The summed E-state index contributed by atoms with van der Waals surface area (Å²) in [4.78, 5) is 23.7. The van der Waals surface area contributed by atoms with Gasteiger partial charge in [-0.05, 0) is 52.9 Å². The maximum Gasteiger partial charge on any atom is 0.252 e. The Morgan fingerprint density at radius 1 is 1.38 bits per heavy atom. The van der Waals surface area contributed by atoms with Crippen LogP contribution in [-0.2, 0) is 19.1 Å². The van der Waals surface area contributed by atoms with Gasteiger partial charge >= 0.3 is 0 Å². The highest BCUT2D eigenvalue weighted by Crippen LogP contribution is 2.44. The molecule has 0 aromatic heterocycles. The molecule has 2 bridgehead atoms. The summed E-state index contributed by atoms with van der Waals surface area (Å²) in [5.41, 5.74) is 5.33. The van der Waals surface area contributed by atoms with E-state index in [1.807, 2.05) is 33.8 Å². The number of rotatable bonds is 8. The average molecular weight is 337 g/mol. The molecule has 0 saturated carbocycles. The zero-order valence-electron chi connectivity index (χ0n) is 15.4. The number of ether oxygens (including phenoxy) is 2. The minimum Gasteiger partial charge on any atom is -0.369 e. The van der Waals surface area contributed by atoms with Gasteiger partial charge in [0, 0.05) is 12.3 Å². The normalized spacial score (nSPS) is 33.1. The lowest BCUT2D eigenvalue weighted by molar-refractivity contribution is -0.235. The fourth-order valence-electron chi connectivity index (χ4n) is 3.58. The number of allylic oxidation sites excluding steroid dienone is 2. The lowest BCUT2D eigenvalue weighted by atomic mass is 9.88. The molecule has 24 heavy (non-hydrogen) atoms. The Bertz CT molecular complexity index is 525. The van der Waals surface area contributed by atoms with Crippen molar-refractivity contribution in [2.75, 3.05) is 6.61 Å².